The van der Waals surface area contributed by atoms with Gasteiger partial charge in [0.15, 0.2) is 12.5 Å². The number of benzene rings is 3. The van der Waals surface area contributed by atoms with E-state index in [1.807, 2.05) is 47.4 Å². The van der Waals surface area contributed by atoms with Crippen molar-refractivity contribution in [2.75, 3.05) is 11.5 Å². The molecule has 0 spiro atoms. The number of hydrogen-bond donors (Lipinski definition) is 1. The van der Waals surface area contributed by atoms with E-state index in [1.165, 1.54) is 0 Å². The van der Waals surface area contributed by atoms with E-state index in [-0.39, 0.29) is 6.04 Å². The molecule has 0 aliphatic carbocycles. The van der Waals surface area contributed by atoms with Crippen molar-refractivity contribution in [1.82, 2.24) is 9.97 Å². The van der Waals surface area contributed by atoms with E-state index in [9.17, 15) is 4.79 Å². The SMILES string of the molecule is O=CC1OC[C@H](c2ccc(-c3cccc(Cl)c3)cc2)N1c1ccc2nc[nH]c2c1. The van der Waals surface area contributed by atoms with Crippen LogP contribution in [0.1, 0.15) is 11.6 Å². The summed E-state index contributed by atoms with van der Waals surface area (Å²) in [5, 5.41) is 0.713. The van der Waals surface area contributed by atoms with Crippen molar-refractivity contribution in [3.63, 3.8) is 0 Å². The standard InChI is InChI=1S/C23H18ClN3O2/c24-18-3-1-2-17(10-18)15-4-6-16(7-5-15)22-13-29-23(12-28)27(22)19-8-9-20-21(11-19)26-14-25-20/h1-12,14,22-23H,13H2,(H,25,26)/t22-,23?/m1/s1. The van der Waals surface area contributed by atoms with E-state index in [0.717, 1.165) is 39.7 Å². The monoisotopic (exact) mass is 403 g/mol. The molecule has 29 heavy (non-hydrogen) atoms. The molecule has 0 radical (unpaired) electrons. The van der Waals surface area contributed by atoms with Crippen molar-refractivity contribution < 1.29 is 9.53 Å². The Morgan fingerprint density at radius 3 is 2.72 bits per heavy atom. The molecule has 6 heteroatoms. The second-order valence-electron chi connectivity index (χ2n) is 7.02. The van der Waals surface area contributed by atoms with Crippen LogP contribution in [0.15, 0.2) is 73.1 Å². The summed E-state index contributed by atoms with van der Waals surface area (Å²) in [5.74, 6) is 0. The predicted octanol–water partition coefficient (Wildman–Crippen LogP) is 4.99. The van der Waals surface area contributed by atoms with E-state index in [4.69, 9.17) is 16.3 Å². The van der Waals surface area contributed by atoms with Gasteiger partial charge in [-0.05, 0) is 47.0 Å². The lowest BCUT2D eigenvalue weighted by molar-refractivity contribution is -0.115. The molecule has 3 aromatic carbocycles. The second kappa shape index (κ2) is 7.35. The fraction of sp³-hybridized carbons (Fsp3) is 0.130. The molecule has 1 saturated heterocycles. The van der Waals surface area contributed by atoms with Gasteiger partial charge in [0.2, 0.25) is 0 Å². The fourth-order valence-electron chi connectivity index (χ4n) is 3.87. The Morgan fingerprint density at radius 2 is 1.93 bits per heavy atom. The summed E-state index contributed by atoms with van der Waals surface area (Å²) in [7, 11) is 0. The van der Waals surface area contributed by atoms with Gasteiger partial charge in [-0.25, -0.2) is 4.98 Å². The summed E-state index contributed by atoms with van der Waals surface area (Å²) in [5.41, 5.74) is 5.98. The van der Waals surface area contributed by atoms with Gasteiger partial charge in [0.05, 0.1) is 30.0 Å². The third-order valence-electron chi connectivity index (χ3n) is 5.31. The minimum atomic E-state index is -0.618. The number of rotatable bonds is 4. The number of carbonyl (C=O) groups is 1. The van der Waals surface area contributed by atoms with Gasteiger partial charge in [-0.2, -0.15) is 0 Å². The molecule has 2 heterocycles. The van der Waals surface area contributed by atoms with Crippen LogP contribution in [-0.2, 0) is 9.53 Å². The molecule has 144 valence electrons. The second-order valence-corrected chi connectivity index (χ2v) is 7.46. The van der Waals surface area contributed by atoms with Crippen LogP contribution in [-0.4, -0.2) is 29.1 Å². The summed E-state index contributed by atoms with van der Waals surface area (Å²) in [6.45, 7) is 0.445. The van der Waals surface area contributed by atoms with Crippen LogP contribution in [0, 0.1) is 0 Å². The highest BCUT2D eigenvalue weighted by Crippen LogP contribution is 2.36. The molecule has 0 bridgehead atoms. The van der Waals surface area contributed by atoms with Crippen LogP contribution in [0.3, 0.4) is 0 Å². The molecule has 5 nitrogen and oxygen atoms in total. The van der Waals surface area contributed by atoms with Crippen LogP contribution >= 0.6 is 11.6 Å². The molecule has 0 amide bonds. The first kappa shape index (κ1) is 17.9. The first-order valence-electron chi connectivity index (χ1n) is 9.37. The highest BCUT2D eigenvalue weighted by molar-refractivity contribution is 6.30. The third-order valence-corrected chi connectivity index (χ3v) is 5.54. The van der Waals surface area contributed by atoms with Crippen LogP contribution in [0.2, 0.25) is 5.02 Å². The zero-order valence-corrected chi connectivity index (χ0v) is 16.2. The Balaban J connectivity index is 1.49. The van der Waals surface area contributed by atoms with E-state index in [1.54, 1.807) is 6.33 Å². The van der Waals surface area contributed by atoms with Crippen molar-refractivity contribution in [3.8, 4) is 11.1 Å². The molecule has 1 aromatic heterocycles. The van der Waals surface area contributed by atoms with Gasteiger partial charge in [-0.3, -0.25) is 4.79 Å². The number of carbonyl (C=O) groups excluding carboxylic acids is 1. The number of imidazole rings is 1. The first-order valence-corrected chi connectivity index (χ1v) is 9.75. The number of aldehydes is 1. The lowest BCUT2D eigenvalue weighted by Gasteiger charge is -2.28. The Labute approximate surface area is 172 Å². The highest BCUT2D eigenvalue weighted by Gasteiger charge is 2.35. The van der Waals surface area contributed by atoms with Crippen LogP contribution in [0.5, 0.6) is 0 Å². The van der Waals surface area contributed by atoms with Gasteiger partial charge in [0.25, 0.3) is 0 Å². The summed E-state index contributed by atoms with van der Waals surface area (Å²) >= 11 is 6.12. The van der Waals surface area contributed by atoms with Crippen molar-refractivity contribution in [2.24, 2.45) is 0 Å². The number of nitrogens with one attached hydrogen (secondary N) is 1. The zero-order valence-electron chi connectivity index (χ0n) is 15.5. The van der Waals surface area contributed by atoms with E-state index < -0.39 is 6.23 Å². The van der Waals surface area contributed by atoms with Gasteiger partial charge in [-0.1, -0.05) is 48.0 Å². The molecule has 1 N–H and O–H groups in total. The third kappa shape index (κ3) is 3.28. The molecule has 0 saturated carbocycles. The Morgan fingerprint density at radius 1 is 1.07 bits per heavy atom. The number of ether oxygens (including phenoxy) is 1. The molecule has 2 atom stereocenters. The Hall–Kier alpha value is -3.15. The van der Waals surface area contributed by atoms with Gasteiger partial charge in [0, 0.05) is 10.7 Å². The molecular formula is C23H18ClN3O2. The largest absolute Gasteiger partial charge is 0.349 e. The average Bonchev–Trinajstić information content (AvgIpc) is 3.40. The lowest BCUT2D eigenvalue weighted by atomic mass is 10.00. The van der Waals surface area contributed by atoms with E-state index >= 15 is 0 Å². The maximum atomic E-state index is 11.7. The molecule has 5 rings (SSSR count). The number of nitrogens with zero attached hydrogens (tertiary/aromatic N) is 2. The summed E-state index contributed by atoms with van der Waals surface area (Å²) < 4.78 is 5.77. The molecule has 1 aliphatic heterocycles. The van der Waals surface area contributed by atoms with Crippen LogP contribution in [0.4, 0.5) is 5.69 Å². The predicted molar refractivity (Wildman–Crippen MR) is 114 cm³/mol. The first-order chi connectivity index (χ1) is 14.2. The highest BCUT2D eigenvalue weighted by atomic mass is 35.5. The number of hydrogen-bond acceptors (Lipinski definition) is 4. The van der Waals surface area contributed by atoms with Crippen LogP contribution in [0.25, 0.3) is 22.2 Å². The van der Waals surface area contributed by atoms with Crippen molar-refractivity contribution in [1.29, 1.82) is 0 Å². The van der Waals surface area contributed by atoms with Gasteiger partial charge < -0.3 is 14.6 Å². The van der Waals surface area contributed by atoms with Crippen molar-refractivity contribution in [2.45, 2.75) is 12.3 Å². The number of aromatic amines is 1. The molecule has 1 aliphatic rings. The summed E-state index contributed by atoms with van der Waals surface area (Å²) in [6, 6.07) is 22.0. The molecule has 1 fully saturated rings. The minimum Gasteiger partial charge on any atom is -0.349 e. The average molecular weight is 404 g/mol. The summed E-state index contributed by atoms with van der Waals surface area (Å²) in [4.78, 5) is 21.1. The topological polar surface area (TPSA) is 58.2 Å². The van der Waals surface area contributed by atoms with Crippen molar-refractivity contribution in [3.05, 3.63) is 83.6 Å². The van der Waals surface area contributed by atoms with Crippen LogP contribution < -0.4 is 4.90 Å². The van der Waals surface area contributed by atoms with Gasteiger partial charge in [0.1, 0.15) is 0 Å². The number of halogens is 1. The fourth-order valence-corrected chi connectivity index (χ4v) is 4.06. The van der Waals surface area contributed by atoms with E-state index in [0.29, 0.717) is 11.6 Å². The Bertz CT molecular complexity index is 1170. The lowest BCUT2D eigenvalue weighted by Crippen LogP contribution is -2.33. The zero-order chi connectivity index (χ0) is 19.8. The number of fused-ring (bicyclic) bond motifs is 1. The normalized spacial score (nSPS) is 19.0. The maximum absolute atomic E-state index is 11.7. The van der Waals surface area contributed by atoms with Gasteiger partial charge >= 0.3 is 0 Å². The molecule has 1 unspecified atom stereocenters. The smallest absolute Gasteiger partial charge is 0.187 e. The number of H-pyrrole nitrogens is 1. The Kier molecular flexibility index (Phi) is 4.54. The van der Waals surface area contributed by atoms with Crippen molar-refractivity contribution >= 4 is 34.6 Å². The maximum Gasteiger partial charge on any atom is 0.187 e. The molecule has 4 aromatic rings. The van der Waals surface area contributed by atoms with Gasteiger partial charge in [-0.15, -0.1) is 0 Å². The minimum absolute atomic E-state index is 0.0565. The summed E-state index contributed by atoms with van der Waals surface area (Å²) in [6.07, 6.45) is 1.89. The quantitative estimate of drug-likeness (QED) is 0.488. The number of anilines is 1. The van der Waals surface area contributed by atoms with E-state index in [2.05, 4.69) is 34.2 Å². The number of aromatic nitrogens is 2. The molecular weight excluding hydrogens is 386 g/mol.